The van der Waals surface area contributed by atoms with Crippen LogP contribution in [0.2, 0.25) is 0 Å². The lowest BCUT2D eigenvalue weighted by Gasteiger charge is -2.31. The highest BCUT2D eigenvalue weighted by atomic mass is 19.1. The number of carbonyl (C=O) groups is 2. The molecule has 1 aromatic carbocycles. The van der Waals surface area contributed by atoms with Crippen molar-refractivity contribution in [3.63, 3.8) is 0 Å². The van der Waals surface area contributed by atoms with Crippen LogP contribution in [0.25, 0.3) is 0 Å². The summed E-state index contributed by atoms with van der Waals surface area (Å²) < 4.78 is 18.8. The average molecular weight is 417 g/mol. The van der Waals surface area contributed by atoms with Crippen molar-refractivity contribution in [2.45, 2.75) is 26.2 Å². The summed E-state index contributed by atoms with van der Waals surface area (Å²) in [5, 5.41) is 16.3. The lowest BCUT2D eigenvalue weighted by atomic mass is 9.86. The molecule has 1 aliphatic heterocycles. The molecule has 1 aromatic heterocycles. The Kier molecular flexibility index (Phi) is 6.65. The van der Waals surface area contributed by atoms with Gasteiger partial charge in [0.1, 0.15) is 12.4 Å². The largest absolute Gasteiger partial charge is 0.480 e. The second kappa shape index (κ2) is 9.38. The topological polar surface area (TPSA) is 134 Å². The van der Waals surface area contributed by atoms with E-state index in [0.29, 0.717) is 43.7 Å². The summed E-state index contributed by atoms with van der Waals surface area (Å²) in [5.41, 5.74) is 9.40. The first kappa shape index (κ1) is 21.3. The number of halogens is 1. The van der Waals surface area contributed by atoms with Crippen molar-refractivity contribution >= 4 is 23.4 Å². The zero-order valence-electron chi connectivity index (χ0n) is 16.6. The summed E-state index contributed by atoms with van der Waals surface area (Å²) in [6.45, 7) is 2.76. The predicted molar refractivity (Wildman–Crippen MR) is 108 cm³/mol. The van der Waals surface area contributed by atoms with Crippen LogP contribution in [0, 0.1) is 11.7 Å². The van der Waals surface area contributed by atoms with Crippen LogP contribution < -0.4 is 16.1 Å². The molecule has 0 bridgehead atoms. The number of nitrogens with one attached hydrogen (secondary N) is 1. The molecule has 0 amide bonds. The molecule has 0 spiro atoms. The minimum absolute atomic E-state index is 0.0155. The molecule has 0 saturated carbocycles. The number of rotatable bonds is 8. The maximum atomic E-state index is 13.6. The van der Waals surface area contributed by atoms with Gasteiger partial charge in [-0.3, -0.25) is 15.0 Å². The number of hydrazone groups is 1. The van der Waals surface area contributed by atoms with Crippen LogP contribution in [0.15, 0.2) is 33.9 Å². The van der Waals surface area contributed by atoms with Gasteiger partial charge in [0.2, 0.25) is 5.76 Å². The molecule has 3 rings (SSSR count). The number of nitrogens with zero attached hydrogens (tertiary/aromatic N) is 3. The molecule has 10 heteroatoms. The van der Waals surface area contributed by atoms with Gasteiger partial charge in [0, 0.05) is 30.6 Å². The normalized spacial score (nSPS) is 15.3. The van der Waals surface area contributed by atoms with E-state index in [2.05, 4.69) is 15.7 Å². The highest BCUT2D eigenvalue weighted by Crippen LogP contribution is 2.27. The number of nitrogens with two attached hydrogens (primary N) is 1. The summed E-state index contributed by atoms with van der Waals surface area (Å²) >= 11 is 0. The summed E-state index contributed by atoms with van der Waals surface area (Å²) in [5.74, 6) is -0.898. The molecule has 1 saturated heterocycles. The number of carboxylic acid groups (broad SMARTS) is 1. The molecular weight excluding hydrogens is 393 g/mol. The van der Waals surface area contributed by atoms with Gasteiger partial charge in [-0.2, -0.15) is 5.10 Å². The van der Waals surface area contributed by atoms with Crippen molar-refractivity contribution in [1.29, 1.82) is 0 Å². The molecule has 160 valence electrons. The van der Waals surface area contributed by atoms with E-state index in [9.17, 15) is 14.0 Å². The molecule has 4 N–H and O–H groups in total. The summed E-state index contributed by atoms with van der Waals surface area (Å²) in [4.78, 5) is 25.4. The second-order valence-corrected chi connectivity index (χ2v) is 7.06. The fraction of sp³-hybridized carbons (Fsp3) is 0.400. The van der Waals surface area contributed by atoms with E-state index >= 15 is 0 Å². The number of anilines is 1. The Balaban J connectivity index is 1.61. The molecule has 2 aromatic rings. The van der Waals surface area contributed by atoms with Crippen LogP contribution in [-0.4, -0.2) is 47.5 Å². The fourth-order valence-corrected chi connectivity index (χ4v) is 3.46. The standard InChI is InChI=1S/C20H24FN5O4/c1-2-12-3-4-14(21)9-15(12)19(29)13-5-7-26(8-6-13)17-10-16(30-25-17)20(22)24-23-11-18(27)28/h3-4,9-10,13,23H,2,5-8,11H2,1H3,(H2,22,24)(H,27,28). The molecule has 1 aliphatic rings. The van der Waals surface area contributed by atoms with Gasteiger partial charge in [0.25, 0.3) is 0 Å². The van der Waals surface area contributed by atoms with E-state index in [1.54, 1.807) is 12.1 Å². The van der Waals surface area contributed by atoms with Crippen molar-refractivity contribution in [2.24, 2.45) is 16.8 Å². The lowest BCUT2D eigenvalue weighted by molar-refractivity contribution is -0.135. The minimum Gasteiger partial charge on any atom is -0.480 e. The van der Waals surface area contributed by atoms with Crippen molar-refractivity contribution < 1.29 is 23.6 Å². The number of aromatic nitrogens is 1. The Morgan fingerprint density at radius 2 is 2.10 bits per heavy atom. The third kappa shape index (κ3) is 4.94. The first-order chi connectivity index (χ1) is 14.4. The number of piperidine rings is 1. The molecule has 30 heavy (non-hydrogen) atoms. The van der Waals surface area contributed by atoms with Crippen LogP contribution in [0.1, 0.15) is 41.4 Å². The maximum Gasteiger partial charge on any atom is 0.324 e. The Labute approximate surface area is 172 Å². The number of hydrogen-bond donors (Lipinski definition) is 3. The fourth-order valence-electron chi connectivity index (χ4n) is 3.46. The minimum atomic E-state index is -1.06. The molecule has 0 unspecified atom stereocenters. The van der Waals surface area contributed by atoms with Gasteiger partial charge < -0.3 is 20.3 Å². The van der Waals surface area contributed by atoms with Gasteiger partial charge in [-0.1, -0.05) is 18.1 Å². The third-order valence-corrected chi connectivity index (χ3v) is 5.09. The quantitative estimate of drug-likeness (QED) is 0.256. The summed E-state index contributed by atoms with van der Waals surface area (Å²) in [6, 6.07) is 6.00. The monoisotopic (exact) mass is 417 g/mol. The van der Waals surface area contributed by atoms with Crippen LogP contribution in [0.5, 0.6) is 0 Å². The van der Waals surface area contributed by atoms with E-state index in [1.807, 2.05) is 11.8 Å². The van der Waals surface area contributed by atoms with E-state index in [-0.39, 0.29) is 29.8 Å². The number of Topliss-reactive ketones (excluding diaryl/α,β-unsaturated/α-hetero) is 1. The van der Waals surface area contributed by atoms with Crippen molar-refractivity contribution in [1.82, 2.24) is 10.6 Å². The molecule has 0 atom stereocenters. The Hall–Kier alpha value is -3.43. The smallest absolute Gasteiger partial charge is 0.324 e. The number of benzene rings is 1. The molecule has 9 nitrogen and oxygen atoms in total. The first-order valence-electron chi connectivity index (χ1n) is 9.71. The van der Waals surface area contributed by atoms with Gasteiger partial charge >= 0.3 is 5.97 Å². The van der Waals surface area contributed by atoms with E-state index < -0.39 is 11.8 Å². The number of aliphatic carboxylic acids is 1. The van der Waals surface area contributed by atoms with Crippen LogP contribution in [0.4, 0.5) is 10.2 Å². The SMILES string of the molecule is CCc1ccc(F)cc1C(=O)C1CCN(c2cc(/C(N)=N/NCC(=O)O)on2)CC1. The Morgan fingerprint density at radius 1 is 1.37 bits per heavy atom. The highest BCUT2D eigenvalue weighted by Gasteiger charge is 2.28. The number of carbonyl (C=O) groups excluding carboxylic acids is 1. The summed E-state index contributed by atoms with van der Waals surface area (Å²) in [6.07, 6.45) is 1.90. The number of carboxylic acids is 1. The number of amidine groups is 1. The van der Waals surface area contributed by atoms with Gasteiger partial charge in [0.05, 0.1) is 0 Å². The maximum absolute atomic E-state index is 13.6. The van der Waals surface area contributed by atoms with Crippen molar-refractivity contribution in [2.75, 3.05) is 24.5 Å². The number of aryl methyl sites for hydroxylation is 1. The van der Waals surface area contributed by atoms with E-state index in [1.165, 1.54) is 12.1 Å². The zero-order valence-corrected chi connectivity index (χ0v) is 16.6. The average Bonchev–Trinajstić information content (AvgIpc) is 3.23. The van der Waals surface area contributed by atoms with Crippen LogP contribution in [-0.2, 0) is 11.2 Å². The Morgan fingerprint density at radius 3 is 2.77 bits per heavy atom. The van der Waals surface area contributed by atoms with Gasteiger partial charge in [-0.25, -0.2) is 4.39 Å². The molecule has 1 fully saturated rings. The van der Waals surface area contributed by atoms with Gasteiger partial charge in [-0.05, 0) is 37.0 Å². The number of ketones is 1. The number of hydrogen-bond acceptors (Lipinski definition) is 7. The predicted octanol–water partition coefficient (Wildman–Crippen LogP) is 1.77. The van der Waals surface area contributed by atoms with Gasteiger partial charge in [-0.15, -0.1) is 0 Å². The van der Waals surface area contributed by atoms with Crippen LogP contribution >= 0.6 is 0 Å². The van der Waals surface area contributed by atoms with Crippen molar-refractivity contribution in [3.05, 3.63) is 47.0 Å². The second-order valence-electron chi connectivity index (χ2n) is 7.06. The first-order valence-corrected chi connectivity index (χ1v) is 9.71. The van der Waals surface area contributed by atoms with E-state index in [0.717, 1.165) is 5.56 Å². The zero-order chi connectivity index (χ0) is 21.7. The van der Waals surface area contributed by atoms with Crippen LogP contribution in [0.3, 0.4) is 0 Å². The van der Waals surface area contributed by atoms with Crippen molar-refractivity contribution in [3.8, 4) is 0 Å². The molecular formula is C20H24FN5O4. The summed E-state index contributed by atoms with van der Waals surface area (Å²) in [7, 11) is 0. The lowest BCUT2D eigenvalue weighted by Crippen LogP contribution is -2.36. The molecule has 0 radical (unpaired) electrons. The molecule has 0 aliphatic carbocycles. The Bertz CT molecular complexity index is 950. The van der Waals surface area contributed by atoms with Gasteiger partial charge in [0.15, 0.2) is 17.4 Å². The highest BCUT2D eigenvalue weighted by molar-refractivity contribution is 5.99. The van der Waals surface area contributed by atoms with E-state index in [4.69, 9.17) is 15.4 Å². The third-order valence-electron chi connectivity index (χ3n) is 5.09. The molecule has 2 heterocycles.